The Morgan fingerprint density at radius 1 is 1.04 bits per heavy atom. The van der Waals surface area contributed by atoms with E-state index in [4.69, 9.17) is 4.74 Å². The van der Waals surface area contributed by atoms with E-state index in [0.717, 1.165) is 41.0 Å². The molecule has 2 saturated heterocycles. The number of nitrogens with zero attached hydrogens (tertiary/aromatic N) is 5. The first-order chi connectivity index (χ1) is 23.1. The van der Waals surface area contributed by atoms with Crippen molar-refractivity contribution in [3.05, 3.63) is 107 Å². The molecule has 1 spiro atoms. The van der Waals surface area contributed by atoms with Crippen molar-refractivity contribution >= 4 is 31.6 Å². The Morgan fingerprint density at radius 3 is 2.46 bits per heavy atom. The van der Waals surface area contributed by atoms with E-state index in [2.05, 4.69) is 10.3 Å². The van der Waals surface area contributed by atoms with Gasteiger partial charge >= 0.3 is 0 Å². The normalized spacial score (nSPS) is 24.6. The quantitative estimate of drug-likeness (QED) is 0.166. The van der Waals surface area contributed by atoms with Crippen molar-refractivity contribution in [3.8, 4) is 0 Å². The van der Waals surface area contributed by atoms with Crippen LogP contribution in [0.25, 0.3) is 0 Å². The molecule has 0 saturated carbocycles. The molecule has 2 fully saturated rings. The molecule has 0 aliphatic carbocycles. The van der Waals surface area contributed by atoms with Crippen LogP contribution in [-0.2, 0) is 33.0 Å². The second-order valence-electron chi connectivity index (χ2n) is 13.8. The standard InChI is InChI=1S/C37H42FN5O4Si/c1-25-35(48(2,3)38)33(19-21-41-23-31(39-40-41)29(24-44)27-10-5-4-6-11-27)47-37(25)30-12-7-8-13-32(30)43(36(37)46)22-26-15-17-28(18-16-26)42-20-9-14-34(42)45/h4-8,10-13,15-18,23,25,29,33,35,44H,9,14,19-22,24H2,1-3H3/t25-,29?,33+,35-,37+/m1/s1. The number of anilines is 2. The van der Waals surface area contributed by atoms with Crippen LogP contribution in [0, 0.1) is 5.92 Å². The fraction of sp³-hybridized carbons (Fsp3) is 0.405. The van der Waals surface area contributed by atoms with Gasteiger partial charge in [0.05, 0.1) is 36.6 Å². The van der Waals surface area contributed by atoms with Crippen LogP contribution in [-0.4, -0.2) is 59.6 Å². The van der Waals surface area contributed by atoms with Gasteiger partial charge in [0, 0.05) is 48.4 Å². The van der Waals surface area contributed by atoms with E-state index in [9.17, 15) is 14.7 Å². The molecular weight excluding hydrogens is 626 g/mol. The summed E-state index contributed by atoms with van der Waals surface area (Å²) in [4.78, 5) is 30.5. The monoisotopic (exact) mass is 667 g/mol. The Balaban J connectivity index is 1.13. The number of hydrogen-bond acceptors (Lipinski definition) is 6. The number of rotatable bonds is 10. The maximum absolute atomic E-state index is 16.3. The second-order valence-corrected chi connectivity index (χ2v) is 17.6. The number of aryl methyl sites for hydroxylation is 1. The summed E-state index contributed by atoms with van der Waals surface area (Å²) in [6.45, 7) is 6.77. The number of aliphatic hydroxyl groups is 1. The topological polar surface area (TPSA) is 101 Å². The number of carbonyl (C=O) groups excluding carboxylic acids is 2. The van der Waals surface area contributed by atoms with Gasteiger partial charge in [0.1, 0.15) is 0 Å². The van der Waals surface area contributed by atoms with E-state index in [1.807, 2.05) is 92.0 Å². The van der Waals surface area contributed by atoms with Crippen molar-refractivity contribution in [3.63, 3.8) is 0 Å². The lowest BCUT2D eigenvalue weighted by molar-refractivity contribution is -0.146. The molecule has 4 heterocycles. The average molecular weight is 668 g/mol. The van der Waals surface area contributed by atoms with Gasteiger partial charge in [-0.1, -0.05) is 72.8 Å². The Morgan fingerprint density at radius 2 is 1.77 bits per heavy atom. The lowest BCUT2D eigenvalue weighted by Gasteiger charge is -2.31. The third kappa shape index (κ3) is 5.57. The summed E-state index contributed by atoms with van der Waals surface area (Å²) < 4.78 is 24.9. The van der Waals surface area contributed by atoms with Crippen molar-refractivity contribution in [1.29, 1.82) is 0 Å². The van der Waals surface area contributed by atoms with Gasteiger partial charge < -0.3 is 23.8 Å². The molecule has 0 bridgehead atoms. The number of hydrogen-bond donors (Lipinski definition) is 1. The summed E-state index contributed by atoms with van der Waals surface area (Å²) in [6.07, 6.45) is 3.22. The molecule has 0 radical (unpaired) electrons. The molecule has 250 valence electrons. The first-order valence-corrected chi connectivity index (χ1v) is 19.8. The van der Waals surface area contributed by atoms with Crippen LogP contribution < -0.4 is 9.80 Å². The molecule has 3 aliphatic heterocycles. The Hall–Kier alpha value is -4.19. The molecular formula is C37H42FN5O4Si. The zero-order valence-electron chi connectivity index (χ0n) is 27.6. The van der Waals surface area contributed by atoms with Crippen LogP contribution in [0.15, 0.2) is 85.1 Å². The number of halogens is 1. The van der Waals surface area contributed by atoms with E-state index < -0.39 is 25.7 Å². The molecule has 1 N–H and O–H groups in total. The Labute approximate surface area is 281 Å². The number of fused-ring (bicyclic) bond motifs is 2. The van der Waals surface area contributed by atoms with E-state index >= 15 is 4.11 Å². The third-order valence-corrected chi connectivity index (χ3v) is 12.9. The van der Waals surface area contributed by atoms with Crippen molar-refractivity contribution in [2.75, 3.05) is 23.0 Å². The predicted molar refractivity (Wildman–Crippen MR) is 184 cm³/mol. The second kappa shape index (κ2) is 12.7. The summed E-state index contributed by atoms with van der Waals surface area (Å²) in [5.41, 5.74) is 3.25. The minimum absolute atomic E-state index is 0.0987. The fourth-order valence-electron chi connectivity index (χ4n) is 8.21. The van der Waals surface area contributed by atoms with E-state index in [1.54, 1.807) is 27.6 Å². The van der Waals surface area contributed by atoms with E-state index in [0.29, 0.717) is 31.6 Å². The highest BCUT2D eigenvalue weighted by molar-refractivity contribution is 6.72. The zero-order valence-corrected chi connectivity index (χ0v) is 28.6. The maximum Gasteiger partial charge on any atom is 0.264 e. The number of ether oxygens (including phenoxy) is 1. The minimum atomic E-state index is -3.32. The van der Waals surface area contributed by atoms with Crippen LogP contribution in [0.4, 0.5) is 15.5 Å². The smallest absolute Gasteiger partial charge is 0.264 e. The molecule has 3 aromatic carbocycles. The van der Waals surface area contributed by atoms with Crippen LogP contribution in [0.1, 0.15) is 54.5 Å². The molecule has 7 rings (SSSR count). The molecule has 3 aliphatic rings. The largest absolute Gasteiger partial charge is 0.395 e. The highest BCUT2D eigenvalue weighted by atomic mass is 28.4. The van der Waals surface area contributed by atoms with Gasteiger partial charge in [-0.15, -0.1) is 5.10 Å². The van der Waals surface area contributed by atoms with Crippen LogP contribution in [0.3, 0.4) is 0 Å². The molecule has 48 heavy (non-hydrogen) atoms. The summed E-state index contributed by atoms with van der Waals surface area (Å²) in [5, 5.41) is 18.8. The highest BCUT2D eigenvalue weighted by Gasteiger charge is 2.66. The van der Waals surface area contributed by atoms with Gasteiger partial charge in [-0.05, 0) is 55.3 Å². The minimum Gasteiger partial charge on any atom is -0.395 e. The first kappa shape index (κ1) is 32.4. The van der Waals surface area contributed by atoms with Gasteiger partial charge in [-0.3, -0.25) is 14.3 Å². The van der Waals surface area contributed by atoms with Crippen molar-refractivity contribution < 1.29 is 23.5 Å². The SMILES string of the molecule is C[C@@H]1[C@@H]([Si](C)(C)F)[C@H](CCn2cc(C(CO)c3ccccc3)nn2)O[C@@]12C(=O)N(Cc1ccc(N3CCCC3=O)cc1)c1ccccc12. The number of aromatic nitrogens is 3. The molecule has 2 amide bonds. The van der Waals surface area contributed by atoms with Crippen molar-refractivity contribution in [2.45, 2.75) is 75.5 Å². The van der Waals surface area contributed by atoms with Gasteiger partial charge in [-0.2, -0.15) is 0 Å². The summed E-state index contributed by atoms with van der Waals surface area (Å²) >= 11 is 0. The first-order valence-electron chi connectivity index (χ1n) is 16.8. The molecule has 9 nitrogen and oxygen atoms in total. The van der Waals surface area contributed by atoms with Gasteiger partial charge in [0.15, 0.2) is 5.60 Å². The van der Waals surface area contributed by atoms with Gasteiger partial charge in [0.25, 0.3) is 5.91 Å². The highest BCUT2D eigenvalue weighted by Crippen LogP contribution is 2.60. The lowest BCUT2D eigenvalue weighted by Crippen LogP contribution is -2.45. The number of para-hydroxylation sites is 1. The lowest BCUT2D eigenvalue weighted by atomic mass is 9.82. The van der Waals surface area contributed by atoms with Crippen molar-refractivity contribution in [2.24, 2.45) is 5.92 Å². The summed E-state index contributed by atoms with van der Waals surface area (Å²) in [7, 11) is -3.32. The van der Waals surface area contributed by atoms with E-state index in [1.165, 1.54) is 0 Å². The average Bonchev–Trinajstić information content (AvgIpc) is 3.85. The van der Waals surface area contributed by atoms with Crippen molar-refractivity contribution in [1.82, 2.24) is 15.0 Å². The molecule has 11 heteroatoms. The Bertz CT molecular complexity index is 1800. The van der Waals surface area contributed by atoms with Gasteiger partial charge in [-0.25, -0.2) is 0 Å². The van der Waals surface area contributed by atoms with Crippen LogP contribution >= 0.6 is 0 Å². The number of carbonyl (C=O) groups is 2. The zero-order chi connectivity index (χ0) is 33.6. The third-order valence-electron chi connectivity index (χ3n) is 10.5. The molecule has 1 aromatic heterocycles. The van der Waals surface area contributed by atoms with Crippen LogP contribution in [0.5, 0.6) is 0 Å². The van der Waals surface area contributed by atoms with E-state index in [-0.39, 0.29) is 30.3 Å². The summed E-state index contributed by atoms with van der Waals surface area (Å²) in [5.74, 6) is -0.722. The number of benzene rings is 3. The molecule has 5 atom stereocenters. The molecule has 4 aromatic rings. The number of amides is 2. The maximum atomic E-state index is 16.3. The number of aliphatic hydroxyl groups excluding tert-OH is 1. The predicted octanol–water partition coefficient (Wildman–Crippen LogP) is 5.94. The van der Waals surface area contributed by atoms with Gasteiger partial charge in [0.2, 0.25) is 14.3 Å². The summed E-state index contributed by atoms with van der Waals surface area (Å²) in [6, 6.07) is 25.2. The fourth-order valence-corrected chi connectivity index (χ4v) is 10.8. The molecule has 1 unspecified atom stereocenters. The van der Waals surface area contributed by atoms with Crippen LogP contribution in [0.2, 0.25) is 18.6 Å². The Kier molecular flexibility index (Phi) is 8.55.